The number of rotatable bonds is 6. The number of nitrogens with one attached hydrogen (secondary N) is 1. The van der Waals surface area contributed by atoms with E-state index in [0.29, 0.717) is 32.4 Å². The second-order valence-electron chi connectivity index (χ2n) is 7.55. The zero-order chi connectivity index (χ0) is 19.5. The number of benzene rings is 1. The third-order valence-corrected chi connectivity index (χ3v) is 5.82. The highest BCUT2D eigenvalue weighted by atomic mass is 16.4. The molecule has 2 aliphatic heterocycles. The summed E-state index contributed by atoms with van der Waals surface area (Å²) < 4.78 is 5.80. The van der Waals surface area contributed by atoms with Crippen LogP contribution in [0.2, 0.25) is 0 Å². The summed E-state index contributed by atoms with van der Waals surface area (Å²) in [6.07, 6.45) is 4.62. The molecule has 0 saturated carbocycles. The van der Waals surface area contributed by atoms with Crippen LogP contribution in [0.1, 0.15) is 31.4 Å². The van der Waals surface area contributed by atoms with Gasteiger partial charge in [0.25, 0.3) is 0 Å². The lowest BCUT2D eigenvalue weighted by Gasteiger charge is -2.27. The summed E-state index contributed by atoms with van der Waals surface area (Å²) in [4.78, 5) is 27.6. The number of ketones is 1. The van der Waals surface area contributed by atoms with E-state index in [1.54, 1.807) is 4.90 Å². The van der Waals surface area contributed by atoms with Gasteiger partial charge in [0.05, 0.1) is 18.3 Å². The van der Waals surface area contributed by atoms with Crippen LogP contribution in [0.25, 0.3) is 11.0 Å². The van der Waals surface area contributed by atoms with Gasteiger partial charge in [0.2, 0.25) is 5.91 Å². The van der Waals surface area contributed by atoms with Gasteiger partial charge in [-0.1, -0.05) is 23.4 Å². The Morgan fingerprint density at radius 1 is 1.32 bits per heavy atom. The summed E-state index contributed by atoms with van der Waals surface area (Å²) in [5.41, 5.74) is 0.825. The van der Waals surface area contributed by atoms with Crippen LogP contribution in [0.5, 0.6) is 0 Å². The molecule has 4 rings (SSSR count). The predicted molar refractivity (Wildman–Crippen MR) is 104 cm³/mol. The monoisotopic (exact) mass is 383 g/mol. The van der Waals surface area contributed by atoms with Crippen LogP contribution in [-0.4, -0.2) is 53.2 Å². The van der Waals surface area contributed by atoms with Gasteiger partial charge in [0.1, 0.15) is 17.1 Å². The third kappa shape index (κ3) is 3.67. The van der Waals surface area contributed by atoms with Crippen LogP contribution in [0.3, 0.4) is 0 Å². The van der Waals surface area contributed by atoms with Gasteiger partial charge in [-0.25, -0.2) is 0 Å². The van der Waals surface area contributed by atoms with Gasteiger partial charge in [0.15, 0.2) is 0 Å². The van der Waals surface area contributed by atoms with Crippen molar-refractivity contribution in [3.63, 3.8) is 0 Å². The fourth-order valence-electron chi connectivity index (χ4n) is 4.38. The van der Waals surface area contributed by atoms with Crippen LogP contribution in [0.4, 0.5) is 0 Å². The van der Waals surface area contributed by atoms with Crippen LogP contribution >= 0.6 is 0 Å². The van der Waals surface area contributed by atoms with Crippen molar-refractivity contribution in [2.45, 2.75) is 44.2 Å². The number of aryl methyl sites for hydroxylation is 1. The van der Waals surface area contributed by atoms with Crippen LogP contribution in [0, 0.1) is 5.92 Å². The minimum atomic E-state index is -0.490. The number of Topliss-reactive ketones (excluding diaryl/α,β-unsaturated/α-hetero) is 1. The van der Waals surface area contributed by atoms with Gasteiger partial charge in [-0.15, -0.1) is 0 Å². The molecule has 28 heavy (non-hydrogen) atoms. The van der Waals surface area contributed by atoms with Crippen molar-refractivity contribution >= 4 is 28.9 Å². The number of nitrogens with zero attached hydrogens (tertiary/aromatic N) is 2. The molecule has 1 amide bonds. The number of hydrogen-bond acceptors (Lipinski definition) is 6. The molecule has 7 heteroatoms. The summed E-state index contributed by atoms with van der Waals surface area (Å²) >= 11 is 0. The van der Waals surface area contributed by atoms with E-state index in [1.165, 1.54) is 6.21 Å². The summed E-state index contributed by atoms with van der Waals surface area (Å²) in [7, 11) is 0. The number of likely N-dealkylation sites (tertiary alicyclic amines) is 1. The van der Waals surface area contributed by atoms with Crippen LogP contribution in [-0.2, 0) is 16.0 Å². The van der Waals surface area contributed by atoms with E-state index >= 15 is 0 Å². The van der Waals surface area contributed by atoms with Gasteiger partial charge < -0.3 is 19.8 Å². The molecule has 2 aromatic rings. The maximum atomic E-state index is 13.0. The van der Waals surface area contributed by atoms with Crippen molar-refractivity contribution in [1.29, 1.82) is 0 Å². The molecule has 1 aromatic carbocycles. The summed E-state index contributed by atoms with van der Waals surface area (Å²) in [6.45, 7) is 1.29. The molecule has 3 atom stereocenters. The maximum absolute atomic E-state index is 13.0. The minimum Gasteiger partial charge on any atom is -0.461 e. The first-order valence-corrected chi connectivity index (χ1v) is 9.89. The van der Waals surface area contributed by atoms with Crippen LogP contribution < -0.4 is 5.32 Å². The van der Waals surface area contributed by atoms with E-state index in [2.05, 4.69) is 10.5 Å². The van der Waals surface area contributed by atoms with Crippen LogP contribution in [0.15, 0.2) is 39.9 Å². The van der Waals surface area contributed by atoms with E-state index in [1.807, 2.05) is 30.3 Å². The number of amides is 1. The Labute approximate surface area is 163 Å². The number of furan rings is 1. The molecule has 7 nitrogen and oxygen atoms in total. The Morgan fingerprint density at radius 3 is 3.00 bits per heavy atom. The molecule has 2 fully saturated rings. The van der Waals surface area contributed by atoms with Crippen molar-refractivity contribution in [3.8, 4) is 0 Å². The molecular formula is C21H25N3O4. The first-order valence-electron chi connectivity index (χ1n) is 9.89. The van der Waals surface area contributed by atoms with Crippen molar-refractivity contribution in [2.24, 2.45) is 11.1 Å². The van der Waals surface area contributed by atoms with E-state index in [-0.39, 0.29) is 23.7 Å². The third-order valence-electron chi connectivity index (χ3n) is 5.82. The van der Waals surface area contributed by atoms with Gasteiger partial charge >= 0.3 is 0 Å². The Hall–Kier alpha value is -2.67. The standard InChI is InChI=1S/C21H25N3O4/c25-18(8-7-16-12-14-4-1-2-6-19(14)28-16)17-9-10-22-20(17)21(26)24-11-3-5-15(24)13-23-27/h1-2,4,6,12-13,15,17,20,22,27H,3,5,7-11H2/t15-,17?,20+/m0/s1. The highest BCUT2D eigenvalue weighted by Gasteiger charge is 2.41. The lowest BCUT2D eigenvalue weighted by molar-refractivity contribution is -0.137. The molecule has 3 heterocycles. The molecule has 2 N–H and O–H groups in total. The van der Waals surface area contributed by atoms with E-state index in [9.17, 15) is 9.59 Å². The summed E-state index contributed by atoms with van der Waals surface area (Å²) in [5.74, 6) is 0.503. The topological polar surface area (TPSA) is 95.1 Å². The molecular weight excluding hydrogens is 358 g/mol. The smallest absolute Gasteiger partial charge is 0.241 e. The number of carbonyl (C=O) groups excluding carboxylic acids is 2. The van der Waals surface area contributed by atoms with Gasteiger partial charge in [-0.2, -0.15) is 0 Å². The van der Waals surface area contributed by atoms with E-state index in [0.717, 1.165) is 29.6 Å². The van der Waals surface area contributed by atoms with Gasteiger partial charge in [0, 0.05) is 30.7 Å². The van der Waals surface area contributed by atoms with Crippen molar-refractivity contribution < 1.29 is 19.2 Å². The fraction of sp³-hybridized carbons (Fsp3) is 0.476. The number of oxime groups is 1. The zero-order valence-corrected chi connectivity index (χ0v) is 15.7. The molecule has 2 saturated heterocycles. The molecule has 0 spiro atoms. The molecule has 2 aliphatic rings. The molecule has 0 aliphatic carbocycles. The van der Waals surface area contributed by atoms with Gasteiger partial charge in [-0.05, 0) is 37.9 Å². The SMILES string of the molecule is O=C(CCc1cc2ccccc2o1)C1CCN[C@H]1C(=O)N1CCC[C@H]1C=NO. The average Bonchev–Trinajstić information content (AvgIpc) is 3.44. The Bertz CT molecular complexity index is 858. The number of hydrogen-bond donors (Lipinski definition) is 2. The maximum Gasteiger partial charge on any atom is 0.241 e. The van der Waals surface area contributed by atoms with E-state index in [4.69, 9.17) is 9.62 Å². The van der Waals surface area contributed by atoms with Gasteiger partial charge in [-0.3, -0.25) is 9.59 Å². The first-order chi connectivity index (χ1) is 13.7. The highest BCUT2D eigenvalue weighted by Crippen LogP contribution is 2.26. The Morgan fingerprint density at radius 2 is 2.18 bits per heavy atom. The van der Waals surface area contributed by atoms with Crippen molar-refractivity contribution in [2.75, 3.05) is 13.1 Å². The lowest BCUT2D eigenvalue weighted by atomic mass is 9.91. The highest BCUT2D eigenvalue weighted by molar-refractivity contribution is 5.93. The van der Waals surface area contributed by atoms with E-state index < -0.39 is 6.04 Å². The largest absolute Gasteiger partial charge is 0.461 e. The lowest BCUT2D eigenvalue weighted by Crippen LogP contribution is -2.50. The second-order valence-corrected chi connectivity index (χ2v) is 7.55. The second kappa shape index (κ2) is 8.14. The molecule has 0 bridgehead atoms. The quantitative estimate of drug-likeness (QED) is 0.454. The Balaban J connectivity index is 1.39. The van der Waals surface area contributed by atoms with Crippen molar-refractivity contribution in [3.05, 3.63) is 36.1 Å². The molecule has 0 radical (unpaired) electrons. The first kappa shape index (κ1) is 18.7. The number of fused-ring (bicyclic) bond motifs is 1. The summed E-state index contributed by atoms with van der Waals surface area (Å²) in [6, 6.07) is 9.08. The number of para-hydroxylation sites is 1. The molecule has 1 unspecified atom stereocenters. The normalized spacial score (nSPS) is 25.1. The fourth-order valence-corrected chi connectivity index (χ4v) is 4.38. The summed E-state index contributed by atoms with van der Waals surface area (Å²) in [5, 5.41) is 16.1. The average molecular weight is 383 g/mol. The molecule has 1 aromatic heterocycles. The van der Waals surface area contributed by atoms with Crippen molar-refractivity contribution in [1.82, 2.24) is 10.2 Å². The minimum absolute atomic E-state index is 0.0676. The molecule has 148 valence electrons. The zero-order valence-electron chi connectivity index (χ0n) is 15.7. The predicted octanol–water partition coefficient (Wildman–Crippen LogP) is 2.36. The Kier molecular flexibility index (Phi) is 5.43. The number of carbonyl (C=O) groups is 2.